The Bertz CT molecular complexity index is 543. The molecule has 0 aliphatic heterocycles. The summed E-state index contributed by atoms with van der Waals surface area (Å²) in [6, 6.07) is 10.9. The minimum atomic E-state index is -0.621. The Morgan fingerprint density at radius 2 is 1.82 bits per heavy atom. The molecule has 0 fully saturated rings. The molecule has 4 heteroatoms. The summed E-state index contributed by atoms with van der Waals surface area (Å²) in [4.78, 5) is 0. The van der Waals surface area contributed by atoms with Crippen LogP contribution in [-0.4, -0.2) is 0 Å². The molecule has 17 heavy (non-hydrogen) atoms. The fourth-order valence-electron chi connectivity index (χ4n) is 1.55. The number of benzene rings is 2. The second kappa shape index (κ2) is 5.31. The van der Waals surface area contributed by atoms with Gasteiger partial charge in [-0.2, -0.15) is 0 Å². The highest BCUT2D eigenvalue weighted by atomic mass is 127. The second-order valence-electron chi connectivity index (χ2n) is 3.58. The zero-order valence-electron chi connectivity index (χ0n) is 8.63. The van der Waals surface area contributed by atoms with Crippen LogP contribution in [-0.2, 0) is 0 Å². The number of rotatable bonds is 2. The molecule has 0 aromatic heterocycles. The lowest BCUT2D eigenvalue weighted by Gasteiger charge is -2.11. The van der Waals surface area contributed by atoms with Gasteiger partial charge < -0.3 is 0 Å². The van der Waals surface area contributed by atoms with Gasteiger partial charge in [0.2, 0.25) is 0 Å². The van der Waals surface area contributed by atoms with Crippen LogP contribution >= 0.6 is 34.2 Å². The lowest BCUT2D eigenvalue weighted by Crippen LogP contribution is -1.98. The minimum absolute atomic E-state index is 0.287. The van der Waals surface area contributed by atoms with E-state index >= 15 is 0 Å². The quantitative estimate of drug-likeness (QED) is 0.525. The van der Waals surface area contributed by atoms with Gasteiger partial charge >= 0.3 is 0 Å². The number of halogens is 4. The van der Waals surface area contributed by atoms with Crippen molar-refractivity contribution in [3.8, 4) is 0 Å². The molecule has 0 spiro atoms. The Morgan fingerprint density at radius 1 is 1.06 bits per heavy atom. The Hall–Kier alpha value is -0.680. The maximum atomic E-state index is 13.6. The molecule has 0 saturated heterocycles. The maximum Gasteiger partial charge on any atom is 0.131 e. The molecule has 0 heterocycles. The van der Waals surface area contributed by atoms with E-state index in [0.717, 1.165) is 15.2 Å². The molecule has 0 N–H and O–H groups in total. The lowest BCUT2D eigenvalue weighted by atomic mass is 10.0. The van der Waals surface area contributed by atoms with E-state index < -0.39 is 17.0 Å². The van der Waals surface area contributed by atoms with E-state index in [1.165, 1.54) is 12.1 Å². The van der Waals surface area contributed by atoms with Gasteiger partial charge in [-0.1, -0.05) is 18.2 Å². The van der Waals surface area contributed by atoms with Crippen molar-refractivity contribution in [3.63, 3.8) is 0 Å². The molecule has 2 rings (SSSR count). The first kappa shape index (κ1) is 12.8. The summed E-state index contributed by atoms with van der Waals surface area (Å²) in [5.41, 5.74) is 1.08. The van der Waals surface area contributed by atoms with Crippen molar-refractivity contribution < 1.29 is 8.78 Å². The lowest BCUT2D eigenvalue weighted by molar-refractivity contribution is 0.573. The fourth-order valence-corrected chi connectivity index (χ4v) is 2.43. The van der Waals surface area contributed by atoms with Crippen molar-refractivity contribution in [2.24, 2.45) is 0 Å². The molecule has 1 unspecified atom stereocenters. The van der Waals surface area contributed by atoms with Gasteiger partial charge in [0, 0.05) is 15.2 Å². The van der Waals surface area contributed by atoms with E-state index in [2.05, 4.69) is 22.6 Å². The molecule has 0 bridgehead atoms. The molecule has 1 atom stereocenters. The van der Waals surface area contributed by atoms with E-state index in [-0.39, 0.29) is 5.56 Å². The normalized spacial score (nSPS) is 12.5. The first-order valence-corrected chi connectivity index (χ1v) is 6.44. The third-order valence-electron chi connectivity index (χ3n) is 2.38. The average molecular weight is 365 g/mol. The average Bonchev–Trinajstić information content (AvgIpc) is 2.28. The largest absolute Gasteiger partial charge is 0.207 e. The van der Waals surface area contributed by atoms with E-state index in [0.29, 0.717) is 0 Å². The zero-order chi connectivity index (χ0) is 12.4. The van der Waals surface area contributed by atoms with E-state index in [1.807, 2.05) is 24.3 Å². The molecule has 0 aliphatic carbocycles. The van der Waals surface area contributed by atoms with Gasteiger partial charge in [-0.15, -0.1) is 11.6 Å². The summed E-state index contributed by atoms with van der Waals surface area (Å²) in [5, 5.41) is -0.606. The van der Waals surface area contributed by atoms with Gasteiger partial charge in [0.05, 0.1) is 5.38 Å². The SMILES string of the molecule is Fc1ccc(C(Cl)c2cccc(I)c2)c(F)c1. The van der Waals surface area contributed by atoms with Crippen LogP contribution in [0.25, 0.3) is 0 Å². The smallest absolute Gasteiger partial charge is 0.131 e. The summed E-state index contributed by atoms with van der Waals surface area (Å²) in [5.74, 6) is -1.22. The Kier molecular flexibility index (Phi) is 3.99. The van der Waals surface area contributed by atoms with Crippen molar-refractivity contribution >= 4 is 34.2 Å². The van der Waals surface area contributed by atoms with Gasteiger partial charge in [-0.25, -0.2) is 8.78 Å². The Morgan fingerprint density at radius 3 is 2.47 bits per heavy atom. The van der Waals surface area contributed by atoms with Gasteiger partial charge in [0.15, 0.2) is 0 Å². The van der Waals surface area contributed by atoms with Gasteiger partial charge in [0.1, 0.15) is 11.6 Å². The van der Waals surface area contributed by atoms with Crippen LogP contribution in [0.2, 0.25) is 0 Å². The Labute approximate surface area is 117 Å². The van der Waals surface area contributed by atoms with Crippen LogP contribution in [0.4, 0.5) is 8.78 Å². The minimum Gasteiger partial charge on any atom is -0.207 e. The Balaban J connectivity index is 2.40. The van der Waals surface area contributed by atoms with E-state index in [9.17, 15) is 8.78 Å². The summed E-state index contributed by atoms with van der Waals surface area (Å²) >= 11 is 8.36. The van der Waals surface area contributed by atoms with Crippen molar-refractivity contribution in [1.82, 2.24) is 0 Å². The molecule has 2 aromatic rings. The number of hydrogen-bond acceptors (Lipinski definition) is 0. The second-order valence-corrected chi connectivity index (χ2v) is 5.27. The topological polar surface area (TPSA) is 0 Å². The van der Waals surface area contributed by atoms with Crippen molar-refractivity contribution in [3.05, 3.63) is 68.8 Å². The molecule has 0 nitrogen and oxygen atoms in total. The van der Waals surface area contributed by atoms with Crippen molar-refractivity contribution in [1.29, 1.82) is 0 Å². The third kappa shape index (κ3) is 2.96. The van der Waals surface area contributed by atoms with Crippen LogP contribution in [0.15, 0.2) is 42.5 Å². The predicted octanol–water partition coefficient (Wildman–Crippen LogP) is 4.90. The first-order chi connectivity index (χ1) is 8.08. The third-order valence-corrected chi connectivity index (χ3v) is 3.53. The summed E-state index contributed by atoms with van der Waals surface area (Å²) in [7, 11) is 0. The summed E-state index contributed by atoms with van der Waals surface area (Å²) in [6.45, 7) is 0. The van der Waals surface area contributed by atoms with Gasteiger partial charge in [0.25, 0.3) is 0 Å². The molecule has 0 aliphatic rings. The van der Waals surface area contributed by atoms with Crippen LogP contribution in [0.1, 0.15) is 16.5 Å². The van der Waals surface area contributed by atoms with Gasteiger partial charge in [-0.05, 0) is 46.4 Å². The number of alkyl halides is 1. The molecule has 0 saturated carbocycles. The summed E-state index contributed by atoms with van der Waals surface area (Å²) < 4.78 is 27.4. The molecule has 0 amide bonds. The molecule has 88 valence electrons. The standard InChI is InChI=1S/C13H8ClF2I/c14-13(8-2-1-3-10(17)6-8)11-5-4-9(15)7-12(11)16/h1-7,13H. The van der Waals surface area contributed by atoms with Crippen LogP contribution < -0.4 is 0 Å². The zero-order valence-corrected chi connectivity index (χ0v) is 11.5. The van der Waals surface area contributed by atoms with E-state index in [4.69, 9.17) is 11.6 Å². The maximum absolute atomic E-state index is 13.6. The van der Waals surface area contributed by atoms with Crippen LogP contribution in [0.3, 0.4) is 0 Å². The van der Waals surface area contributed by atoms with Crippen molar-refractivity contribution in [2.45, 2.75) is 5.38 Å². The molecular formula is C13H8ClF2I. The molecular weight excluding hydrogens is 356 g/mol. The monoisotopic (exact) mass is 364 g/mol. The van der Waals surface area contributed by atoms with Gasteiger partial charge in [-0.3, -0.25) is 0 Å². The van der Waals surface area contributed by atoms with Crippen molar-refractivity contribution in [2.75, 3.05) is 0 Å². The first-order valence-electron chi connectivity index (χ1n) is 4.92. The van der Waals surface area contributed by atoms with Crippen LogP contribution in [0.5, 0.6) is 0 Å². The van der Waals surface area contributed by atoms with Crippen LogP contribution in [0, 0.1) is 15.2 Å². The summed E-state index contributed by atoms with van der Waals surface area (Å²) in [6.07, 6.45) is 0. The molecule has 0 radical (unpaired) electrons. The van der Waals surface area contributed by atoms with E-state index in [1.54, 1.807) is 0 Å². The highest BCUT2D eigenvalue weighted by molar-refractivity contribution is 14.1. The highest BCUT2D eigenvalue weighted by Gasteiger charge is 2.15. The number of hydrogen-bond donors (Lipinski definition) is 0. The predicted molar refractivity (Wildman–Crippen MR) is 73.2 cm³/mol. The highest BCUT2D eigenvalue weighted by Crippen LogP contribution is 2.31. The molecule has 2 aromatic carbocycles. The fraction of sp³-hybridized carbons (Fsp3) is 0.0769.